The maximum Gasteiger partial charge on any atom is 0.136 e. The number of hydrogen-bond acceptors (Lipinski definition) is 5. The highest BCUT2D eigenvalue weighted by Gasteiger charge is 1.99. The van der Waals surface area contributed by atoms with Crippen LogP contribution in [0.3, 0.4) is 0 Å². The minimum atomic E-state index is 0.448. The van der Waals surface area contributed by atoms with Gasteiger partial charge in [-0.3, -0.25) is 0 Å². The number of aromatic nitrogens is 3. The van der Waals surface area contributed by atoms with Gasteiger partial charge in [0, 0.05) is 18.8 Å². The third kappa shape index (κ3) is 3.21. The molecule has 0 radical (unpaired) electrons. The second-order valence-corrected chi connectivity index (χ2v) is 3.33. The molecule has 0 amide bonds. The molecule has 6 nitrogen and oxygen atoms in total. The molecule has 0 fully saturated rings. The lowest BCUT2D eigenvalue weighted by Crippen LogP contribution is -2.03. The van der Waals surface area contributed by atoms with Crippen molar-refractivity contribution in [2.24, 2.45) is 0 Å². The van der Waals surface area contributed by atoms with E-state index < -0.39 is 0 Å². The van der Waals surface area contributed by atoms with Crippen LogP contribution >= 0.6 is 0 Å². The molecule has 2 heterocycles. The van der Waals surface area contributed by atoms with Crippen molar-refractivity contribution >= 4 is 17.5 Å². The van der Waals surface area contributed by atoms with Crippen molar-refractivity contribution < 1.29 is 0 Å². The number of nitrogens with zero attached hydrogens (tertiary/aromatic N) is 3. The van der Waals surface area contributed by atoms with Crippen molar-refractivity contribution in [2.75, 3.05) is 17.2 Å². The zero-order valence-corrected chi connectivity index (χ0v) is 9.14. The average molecular weight is 228 g/mol. The Kier molecular flexibility index (Phi) is 3.55. The Morgan fingerprint density at radius 3 is 3.00 bits per heavy atom. The second-order valence-electron chi connectivity index (χ2n) is 3.33. The Morgan fingerprint density at radius 1 is 1.35 bits per heavy atom. The predicted octanol–water partition coefficient (Wildman–Crippen LogP) is 1.87. The Bertz CT molecular complexity index is 499. The quantitative estimate of drug-likeness (QED) is 0.680. The summed E-state index contributed by atoms with van der Waals surface area (Å²) in [6.07, 6.45) is 3.75. The molecule has 0 saturated heterocycles. The average Bonchev–Trinajstić information content (AvgIpc) is 2.83. The molecule has 0 unspecified atom stereocenters. The van der Waals surface area contributed by atoms with Crippen molar-refractivity contribution in [3.8, 4) is 6.07 Å². The largest absolute Gasteiger partial charge is 0.369 e. The van der Waals surface area contributed by atoms with E-state index in [1.54, 1.807) is 6.07 Å². The highest BCUT2D eigenvalue weighted by Crippen LogP contribution is 2.13. The smallest absolute Gasteiger partial charge is 0.136 e. The molecule has 6 heteroatoms. The number of hydrogen-bond donors (Lipinski definition) is 3. The molecule has 0 aromatic carbocycles. The summed E-state index contributed by atoms with van der Waals surface area (Å²) in [5.74, 6) is 2.26. The molecule has 0 aliphatic heterocycles. The summed E-state index contributed by atoms with van der Waals surface area (Å²) in [4.78, 5) is 11.2. The maximum atomic E-state index is 8.43. The van der Waals surface area contributed by atoms with Crippen LogP contribution in [0.25, 0.3) is 0 Å². The number of aromatic amines is 1. The lowest BCUT2D eigenvalue weighted by Gasteiger charge is -2.06. The van der Waals surface area contributed by atoms with Crippen LogP contribution in [-0.2, 0) is 0 Å². The third-order valence-electron chi connectivity index (χ3n) is 2.07. The molecule has 2 aromatic rings. The summed E-state index contributed by atoms with van der Waals surface area (Å²) in [6, 6.07) is 7.66. The van der Waals surface area contributed by atoms with Crippen LogP contribution in [0.2, 0.25) is 0 Å². The summed E-state index contributed by atoms with van der Waals surface area (Å²) in [5.41, 5.74) is 0. The van der Waals surface area contributed by atoms with Gasteiger partial charge in [-0.25, -0.2) is 9.97 Å². The van der Waals surface area contributed by atoms with Gasteiger partial charge in [0.1, 0.15) is 23.8 Å². The number of nitrogens with one attached hydrogen (secondary N) is 3. The minimum Gasteiger partial charge on any atom is -0.369 e. The monoisotopic (exact) mass is 228 g/mol. The van der Waals surface area contributed by atoms with E-state index in [9.17, 15) is 0 Å². The van der Waals surface area contributed by atoms with Crippen molar-refractivity contribution in [1.29, 1.82) is 5.26 Å². The van der Waals surface area contributed by atoms with Crippen LogP contribution in [0.4, 0.5) is 17.5 Å². The van der Waals surface area contributed by atoms with Crippen LogP contribution in [0.1, 0.15) is 6.42 Å². The molecular weight excluding hydrogens is 216 g/mol. The molecule has 0 saturated carbocycles. The summed E-state index contributed by atoms with van der Waals surface area (Å²) >= 11 is 0. The zero-order chi connectivity index (χ0) is 11.9. The van der Waals surface area contributed by atoms with E-state index in [0.717, 1.165) is 5.82 Å². The van der Waals surface area contributed by atoms with Crippen molar-refractivity contribution in [3.05, 3.63) is 30.7 Å². The van der Waals surface area contributed by atoms with E-state index in [4.69, 9.17) is 5.26 Å². The third-order valence-corrected chi connectivity index (χ3v) is 2.07. The highest BCUT2D eigenvalue weighted by atomic mass is 15.1. The minimum absolute atomic E-state index is 0.448. The topological polar surface area (TPSA) is 89.4 Å². The van der Waals surface area contributed by atoms with Gasteiger partial charge in [-0.1, -0.05) is 0 Å². The predicted molar refractivity (Wildman–Crippen MR) is 64.8 cm³/mol. The van der Waals surface area contributed by atoms with Gasteiger partial charge >= 0.3 is 0 Å². The fourth-order valence-corrected chi connectivity index (χ4v) is 1.31. The molecule has 0 spiro atoms. The van der Waals surface area contributed by atoms with Gasteiger partial charge in [0.2, 0.25) is 0 Å². The number of nitriles is 1. The molecular formula is C11H12N6. The van der Waals surface area contributed by atoms with E-state index in [0.29, 0.717) is 24.6 Å². The standard InChI is InChI=1S/C11H12N6/c12-4-2-6-14-10-7-11(16-8-15-10)17-9-3-1-5-13-9/h1,3,5,7-8,13H,2,6H2,(H2,14,15,16,17). The van der Waals surface area contributed by atoms with E-state index in [2.05, 4.69) is 31.7 Å². The van der Waals surface area contributed by atoms with Crippen molar-refractivity contribution in [3.63, 3.8) is 0 Å². The number of rotatable bonds is 5. The summed E-state index contributed by atoms with van der Waals surface area (Å²) in [7, 11) is 0. The molecule has 2 aromatic heterocycles. The van der Waals surface area contributed by atoms with Gasteiger partial charge in [-0.15, -0.1) is 0 Å². The first kappa shape index (κ1) is 11.0. The van der Waals surface area contributed by atoms with Crippen LogP contribution in [-0.4, -0.2) is 21.5 Å². The Balaban J connectivity index is 1.99. The van der Waals surface area contributed by atoms with Crippen LogP contribution in [0.15, 0.2) is 30.7 Å². The lowest BCUT2D eigenvalue weighted by molar-refractivity contribution is 1.04. The molecule has 2 rings (SSSR count). The fourth-order valence-electron chi connectivity index (χ4n) is 1.31. The van der Waals surface area contributed by atoms with Crippen molar-refractivity contribution in [1.82, 2.24) is 15.0 Å². The molecule has 0 aliphatic rings. The van der Waals surface area contributed by atoms with Gasteiger partial charge in [0.25, 0.3) is 0 Å². The number of H-pyrrole nitrogens is 1. The Labute approximate surface area is 98.7 Å². The molecule has 0 aliphatic carbocycles. The summed E-state index contributed by atoms with van der Waals surface area (Å²) in [5, 5.41) is 14.6. The van der Waals surface area contributed by atoms with Gasteiger partial charge in [0.15, 0.2) is 0 Å². The molecule has 17 heavy (non-hydrogen) atoms. The molecule has 86 valence electrons. The zero-order valence-electron chi connectivity index (χ0n) is 9.14. The summed E-state index contributed by atoms with van der Waals surface area (Å²) < 4.78 is 0. The van der Waals surface area contributed by atoms with Crippen molar-refractivity contribution in [2.45, 2.75) is 6.42 Å². The Morgan fingerprint density at radius 2 is 2.24 bits per heavy atom. The Hall–Kier alpha value is -2.55. The van der Waals surface area contributed by atoms with E-state index in [1.807, 2.05) is 18.3 Å². The number of anilines is 3. The molecule has 3 N–H and O–H groups in total. The van der Waals surface area contributed by atoms with Crippen LogP contribution < -0.4 is 10.6 Å². The van der Waals surface area contributed by atoms with Gasteiger partial charge in [0.05, 0.1) is 12.5 Å². The first-order valence-electron chi connectivity index (χ1n) is 5.22. The maximum absolute atomic E-state index is 8.43. The molecule has 0 bridgehead atoms. The van der Waals surface area contributed by atoms with Gasteiger partial charge < -0.3 is 15.6 Å². The first-order chi connectivity index (χ1) is 8.38. The highest BCUT2D eigenvalue weighted by molar-refractivity contribution is 5.55. The van der Waals surface area contributed by atoms with Crippen LogP contribution in [0, 0.1) is 11.3 Å². The SMILES string of the molecule is N#CCCNc1cc(Nc2ccc[nH]2)ncn1. The second kappa shape index (κ2) is 5.51. The van der Waals surface area contributed by atoms with E-state index >= 15 is 0 Å². The van der Waals surface area contributed by atoms with E-state index in [1.165, 1.54) is 6.33 Å². The van der Waals surface area contributed by atoms with Crippen LogP contribution in [0.5, 0.6) is 0 Å². The van der Waals surface area contributed by atoms with E-state index in [-0.39, 0.29) is 0 Å². The van der Waals surface area contributed by atoms with Gasteiger partial charge in [-0.2, -0.15) is 5.26 Å². The summed E-state index contributed by atoms with van der Waals surface area (Å²) in [6.45, 7) is 0.579. The lowest BCUT2D eigenvalue weighted by atomic mass is 10.4. The van der Waals surface area contributed by atoms with Gasteiger partial charge in [-0.05, 0) is 12.1 Å². The molecule has 0 atom stereocenters. The first-order valence-corrected chi connectivity index (χ1v) is 5.22. The normalized spacial score (nSPS) is 9.59. The fraction of sp³-hybridized carbons (Fsp3) is 0.182.